The van der Waals surface area contributed by atoms with E-state index in [0.29, 0.717) is 25.4 Å². The van der Waals surface area contributed by atoms with Gasteiger partial charge in [0.05, 0.1) is 0 Å². The van der Waals surface area contributed by atoms with Crippen LogP contribution in [0.15, 0.2) is 24.3 Å². The fraction of sp³-hybridized carbons (Fsp3) is 0.500. The monoisotopic (exact) mass is 289 g/mol. The van der Waals surface area contributed by atoms with Gasteiger partial charge in [-0.1, -0.05) is 29.8 Å². The van der Waals surface area contributed by atoms with E-state index in [9.17, 15) is 9.59 Å². The van der Waals surface area contributed by atoms with Gasteiger partial charge in [0.1, 0.15) is 6.04 Å². The van der Waals surface area contributed by atoms with Crippen LogP contribution in [-0.2, 0) is 9.59 Å². The highest BCUT2D eigenvalue weighted by Crippen LogP contribution is 2.18. The zero-order chi connectivity index (χ0) is 15.2. The van der Waals surface area contributed by atoms with Crippen molar-refractivity contribution in [2.75, 3.05) is 6.54 Å². The Labute approximate surface area is 125 Å². The molecule has 1 aliphatic rings. The molecule has 0 saturated heterocycles. The molecular formula is C16H23N3O2. The number of nitrogens with one attached hydrogen (secondary N) is 2. The molecule has 5 heteroatoms. The Morgan fingerprint density at radius 2 is 1.95 bits per heavy atom. The van der Waals surface area contributed by atoms with Gasteiger partial charge in [-0.05, 0) is 31.7 Å². The molecule has 1 unspecified atom stereocenters. The van der Waals surface area contributed by atoms with Gasteiger partial charge < -0.3 is 16.4 Å². The van der Waals surface area contributed by atoms with Crippen LogP contribution in [0.4, 0.5) is 0 Å². The van der Waals surface area contributed by atoms with E-state index >= 15 is 0 Å². The van der Waals surface area contributed by atoms with Gasteiger partial charge >= 0.3 is 0 Å². The van der Waals surface area contributed by atoms with Crippen molar-refractivity contribution in [1.82, 2.24) is 10.6 Å². The zero-order valence-corrected chi connectivity index (χ0v) is 12.4. The van der Waals surface area contributed by atoms with Crippen molar-refractivity contribution in [2.24, 2.45) is 5.73 Å². The van der Waals surface area contributed by atoms with Crippen LogP contribution in [-0.4, -0.2) is 24.4 Å². The third kappa shape index (κ3) is 5.19. The normalized spacial score (nSPS) is 15.3. The first-order valence-electron chi connectivity index (χ1n) is 7.45. The lowest BCUT2D eigenvalue weighted by Crippen LogP contribution is -2.35. The van der Waals surface area contributed by atoms with Crippen molar-refractivity contribution >= 4 is 11.8 Å². The standard InChI is InChI=1S/C16H23N3O2/c1-11-4-6-12(7-5-11)15(17)16(21)18-10-2-3-14(20)19-13-8-9-13/h4-7,13,15H,2-3,8-10,17H2,1H3,(H,18,21)(H,19,20). The minimum absolute atomic E-state index is 0.0644. The molecule has 0 bridgehead atoms. The molecule has 0 radical (unpaired) electrons. The molecule has 0 aromatic heterocycles. The van der Waals surface area contributed by atoms with Crippen LogP contribution in [0.25, 0.3) is 0 Å². The van der Waals surface area contributed by atoms with Crippen molar-refractivity contribution in [2.45, 2.75) is 44.7 Å². The Bertz CT molecular complexity index is 495. The highest BCUT2D eigenvalue weighted by atomic mass is 16.2. The van der Waals surface area contributed by atoms with Crippen LogP contribution in [0, 0.1) is 6.92 Å². The molecule has 2 amide bonds. The summed E-state index contributed by atoms with van der Waals surface area (Å²) in [7, 11) is 0. The SMILES string of the molecule is Cc1ccc(C(N)C(=O)NCCCC(=O)NC2CC2)cc1. The maximum absolute atomic E-state index is 11.9. The molecule has 1 aromatic rings. The summed E-state index contributed by atoms with van der Waals surface area (Å²) in [5.41, 5.74) is 7.84. The first kappa shape index (κ1) is 15.5. The Hall–Kier alpha value is -1.88. The molecule has 1 aromatic carbocycles. The average molecular weight is 289 g/mol. The van der Waals surface area contributed by atoms with Crippen LogP contribution < -0.4 is 16.4 Å². The molecule has 1 saturated carbocycles. The number of rotatable bonds is 7. The number of amides is 2. The Kier molecular flexibility index (Phi) is 5.33. The molecule has 21 heavy (non-hydrogen) atoms. The second-order valence-electron chi connectivity index (χ2n) is 5.62. The molecule has 0 heterocycles. The number of carbonyl (C=O) groups is 2. The van der Waals surface area contributed by atoms with E-state index in [1.165, 1.54) is 0 Å². The highest BCUT2D eigenvalue weighted by molar-refractivity contribution is 5.83. The van der Waals surface area contributed by atoms with Gasteiger partial charge in [-0.3, -0.25) is 9.59 Å². The second kappa shape index (κ2) is 7.22. The van der Waals surface area contributed by atoms with Gasteiger partial charge in [-0.15, -0.1) is 0 Å². The van der Waals surface area contributed by atoms with E-state index in [1.54, 1.807) is 0 Å². The summed E-state index contributed by atoms with van der Waals surface area (Å²) in [5, 5.41) is 5.70. The third-order valence-electron chi connectivity index (χ3n) is 3.54. The molecule has 1 atom stereocenters. The lowest BCUT2D eigenvalue weighted by atomic mass is 10.1. The van der Waals surface area contributed by atoms with E-state index in [0.717, 1.165) is 24.0 Å². The first-order chi connectivity index (χ1) is 10.1. The lowest BCUT2D eigenvalue weighted by Gasteiger charge is -2.12. The number of benzene rings is 1. The van der Waals surface area contributed by atoms with E-state index in [-0.39, 0.29) is 11.8 Å². The van der Waals surface area contributed by atoms with E-state index in [1.807, 2.05) is 31.2 Å². The minimum Gasteiger partial charge on any atom is -0.354 e. The van der Waals surface area contributed by atoms with Gasteiger partial charge in [-0.2, -0.15) is 0 Å². The van der Waals surface area contributed by atoms with Crippen molar-refractivity contribution in [1.29, 1.82) is 0 Å². The number of carbonyl (C=O) groups excluding carboxylic acids is 2. The average Bonchev–Trinajstić information content (AvgIpc) is 3.27. The van der Waals surface area contributed by atoms with Crippen LogP contribution in [0.5, 0.6) is 0 Å². The van der Waals surface area contributed by atoms with Gasteiger partial charge in [-0.25, -0.2) is 0 Å². The summed E-state index contributed by atoms with van der Waals surface area (Å²) >= 11 is 0. The molecule has 1 aliphatic carbocycles. The van der Waals surface area contributed by atoms with E-state index < -0.39 is 6.04 Å². The van der Waals surface area contributed by atoms with E-state index in [4.69, 9.17) is 5.73 Å². The predicted octanol–water partition coefficient (Wildman–Crippen LogP) is 1.17. The minimum atomic E-state index is -0.661. The van der Waals surface area contributed by atoms with Crippen molar-refractivity contribution in [3.8, 4) is 0 Å². The second-order valence-corrected chi connectivity index (χ2v) is 5.62. The van der Waals surface area contributed by atoms with Crippen molar-refractivity contribution in [3.05, 3.63) is 35.4 Å². The maximum atomic E-state index is 11.9. The summed E-state index contributed by atoms with van der Waals surface area (Å²) < 4.78 is 0. The fourth-order valence-electron chi connectivity index (χ4n) is 2.02. The molecule has 0 spiro atoms. The summed E-state index contributed by atoms with van der Waals surface area (Å²) in [6, 6.07) is 7.33. The number of nitrogens with two attached hydrogens (primary N) is 1. The zero-order valence-electron chi connectivity index (χ0n) is 12.4. The summed E-state index contributed by atoms with van der Waals surface area (Å²) in [5.74, 6) is -0.143. The summed E-state index contributed by atoms with van der Waals surface area (Å²) in [6.07, 6.45) is 3.25. The van der Waals surface area contributed by atoms with Crippen LogP contribution >= 0.6 is 0 Å². The molecule has 114 valence electrons. The van der Waals surface area contributed by atoms with Gasteiger partial charge in [0.25, 0.3) is 0 Å². The number of hydrogen-bond acceptors (Lipinski definition) is 3. The van der Waals surface area contributed by atoms with Gasteiger partial charge in [0, 0.05) is 19.0 Å². The van der Waals surface area contributed by atoms with Crippen LogP contribution in [0.3, 0.4) is 0 Å². The Morgan fingerprint density at radius 3 is 2.57 bits per heavy atom. The Balaban J connectivity index is 1.66. The van der Waals surface area contributed by atoms with Crippen LogP contribution in [0.2, 0.25) is 0 Å². The van der Waals surface area contributed by atoms with Crippen molar-refractivity contribution < 1.29 is 9.59 Å². The first-order valence-corrected chi connectivity index (χ1v) is 7.45. The Morgan fingerprint density at radius 1 is 1.29 bits per heavy atom. The molecule has 2 rings (SSSR count). The molecule has 4 N–H and O–H groups in total. The number of aryl methyl sites for hydroxylation is 1. The number of hydrogen-bond donors (Lipinski definition) is 3. The fourth-order valence-corrected chi connectivity index (χ4v) is 2.02. The molecule has 0 aliphatic heterocycles. The maximum Gasteiger partial charge on any atom is 0.241 e. The lowest BCUT2D eigenvalue weighted by molar-refractivity contribution is -0.123. The van der Waals surface area contributed by atoms with Crippen molar-refractivity contribution in [3.63, 3.8) is 0 Å². The molecular weight excluding hydrogens is 266 g/mol. The smallest absolute Gasteiger partial charge is 0.241 e. The molecule has 1 fully saturated rings. The summed E-state index contributed by atoms with van der Waals surface area (Å²) in [6.45, 7) is 2.46. The highest BCUT2D eigenvalue weighted by Gasteiger charge is 2.22. The third-order valence-corrected chi connectivity index (χ3v) is 3.54. The van der Waals surface area contributed by atoms with E-state index in [2.05, 4.69) is 10.6 Å². The largest absolute Gasteiger partial charge is 0.354 e. The summed E-state index contributed by atoms with van der Waals surface area (Å²) in [4.78, 5) is 23.4. The van der Waals surface area contributed by atoms with Gasteiger partial charge in [0.2, 0.25) is 11.8 Å². The van der Waals surface area contributed by atoms with Crippen LogP contribution in [0.1, 0.15) is 42.9 Å². The topological polar surface area (TPSA) is 84.2 Å². The van der Waals surface area contributed by atoms with Gasteiger partial charge in [0.15, 0.2) is 0 Å². The molecule has 5 nitrogen and oxygen atoms in total. The predicted molar refractivity (Wildman–Crippen MR) is 81.5 cm³/mol. The quantitative estimate of drug-likeness (QED) is 0.659.